The van der Waals surface area contributed by atoms with Gasteiger partial charge in [-0.05, 0) is 42.0 Å². The van der Waals surface area contributed by atoms with Crippen molar-refractivity contribution in [3.05, 3.63) is 59.7 Å². The summed E-state index contributed by atoms with van der Waals surface area (Å²) in [6.07, 6.45) is -4.47. The van der Waals surface area contributed by atoms with E-state index < -0.39 is 24.3 Å². The number of rotatable bonds is 13. The Bertz CT molecular complexity index is 1100. The number of alkyl carbamates (subject to hydrolysis) is 1. The number of hydrogen-bond donors (Lipinski definition) is 3. The molecule has 0 aliphatic rings. The lowest BCUT2D eigenvalue weighted by atomic mass is 10.0. The molecule has 41 heavy (non-hydrogen) atoms. The average molecular weight is 587 g/mol. The first-order valence-corrected chi connectivity index (χ1v) is 12.6. The van der Waals surface area contributed by atoms with Crippen molar-refractivity contribution in [3.8, 4) is 11.5 Å². The van der Waals surface area contributed by atoms with Gasteiger partial charge in [-0.25, -0.2) is 9.59 Å². The van der Waals surface area contributed by atoms with E-state index in [2.05, 4.69) is 24.5 Å². The van der Waals surface area contributed by atoms with Crippen LogP contribution in [0.15, 0.2) is 48.5 Å². The maximum atomic E-state index is 12.5. The predicted octanol–water partition coefficient (Wildman–Crippen LogP) is 4.35. The smallest absolute Gasteiger partial charge is 0.490 e. The van der Waals surface area contributed by atoms with Crippen LogP contribution in [0.4, 0.5) is 18.0 Å². The van der Waals surface area contributed by atoms with Crippen LogP contribution in [-0.4, -0.2) is 69.3 Å². The molecule has 0 aromatic heterocycles. The van der Waals surface area contributed by atoms with Crippen molar-refractivity contribution in [2.75, 3.05) is 27.9 Å². The van der Waals surface area contributed by atoms with Crippen LogP contribution in [0.1, 0.15) is 31.4 Å². The number of halogens is 3. The summed E-state index contributed by atoms with van der Waals surface area (Å²) in [4.78, 5) is 33.7. The molecule has 0 heterocycles. The van der Waals surface area contributed by atoms with Crippen LogP contribution in [0.5, 0.6) is 11.5 Å². The van der Waals surface area contributed by atoms with Crippen molar-refractivity contribution < 1.29 is 51.6 Å². The number of carboxylic acids is 1. The number of aliphatic carboxylic acids is 1. The molecule has 2 rings (SSSR count). The topological polar surface area (TPSA) is 132 Å². The monoisotopic (exact) mass is 586 g/mol. The minimum absolute atomic E-state index is 0.193. The fourth-order valence-corrected chi connectivity index (χ4v) is 3.60. The summed E-state index contributed by atoms with van der Waals surface area (Å²) < 4.78 is 52.7. The van der Waals surface area contributed by atoms with Gasteiger partial charge in [0.15, 0.2) is 11.5 Å². The highest BCUT2D eigenvalue weighted by Gasteiger charge is 2.38. The summed E-state index contributed by atoms with van der Waals surface area (Å²) in [6, 6.07) is 14.2. The van der Waals surface area contributed by atoms with Gasteiger partial charge < -0.3 is 34.7 Å². The number of ether oxygens (including phenoxy) is 4. The molecule has 0 bridgehead atoms. The number of carbonyl (C=O) groups excluding carboxylic acids is 2. The molecule has 0 fully saturated rings. The van der Waals surface area contributed by atoms with E-state index in [-0.39, 0.29) is 18.6 Å². The van der Waals surface area contributed by atoms with E-state index in [0.29, 0.717) is 30.4 Å². The summed E-state index contributed by atoms with van der Waals surface area (Å²) in [5.41, 5.74) is 1.80. The van der Waals surface area contributed by atoms with Crippen molar-refractivity contribution in [2.24, 2.45) is 5.92 Å². The Morgan fingerprint density at radius 3 is 2.05 bits per heavy atom. The number of amides is 1. The third kappa shape index (κ3) is 13.8. The lowest BCUT2D eigenvalue weighted by Gasteiger charge is -2.24. The largest absolute Gasteiger partial charge is 0.493 e. The lowest BCUT2D eigenvalue weighted by Crippen LogP contribution is -2.48. The summed E-state index contributed by atoms with van der Waals surface area (Å²) in [5.74, 6) is -1.60. The SMILES string of the molecule is COC(=O)[C@H](Cc1ccc(OC)c(OC)c1)NC[C@H](CC(C)C)NC(=O)OCc1ccccc1.O=C(O)C(F)(F)F. The maximum absolute atomic E-state index is 12.5. The van der Waals surface area contributed by atoms with Crippen LogP contribution < -0.4 is 20.1 Å². The standard InChI is InChI=1S/C26H36N2O6.C2HF3O2/c1-18(2)13-21(28-26(30)34-17-19-9-7-6-8-10-19)16-27-22(25(29)33-5)14-20-11-12-23(31-3)24(15-20)32-4;3-2(4,5)1(6)7/h6-12,15,18,21-22,27H,13-14,16-17H2,1-5H3,(H,28,30);(H,6,7)/t21-,22-;/m0./s1. The van der Waals surface area contributed by atoms with E-state index in [9.17, 15) is 22.8 Å². The highest BCUT2D eigenvalue weighted by molar-refractivity contribution is 5.76. The fraction of sp³-hybridized carbons (Fsp3) is 0.464. The molecule has 1 amide bonds. The van der Waals surface area contributed by atoms with E-state index in [1.807, 2.05) is 42.5 Å². The Kier molecular flexibility index (Phi) is 15.1. The molecule has 13 heteroatoms. The molecule has 0 aliphatic carbocycles. The van der Waals surface area contributed by atoms with Crippen LogP contribution in [0.25, 0.3) is 0 Å². The molecule has 0 radical (unpaired) electrons. The van der Waals surface area contributed by atoms with Crippen LogP contribution in [0.2, 0.25) is 0 Å². The fourth-order valence-electron chi connectivity index (χ4n) is 3.60. The zero-order valence-electron chi connectivity index (χ0n) is 23.6. The van der Waals surface area contributed by atoms with Crippen molar-refractivity contribution in [2.45, 2.75) is 51.6 Å². The summed E-state index contributed by atoms with van der Waals surface area (Å²) in [6.45, 7) is 4.72. The van der Waals surface area contributed by atoms with Crippen molar-refractivity contribution >= 4 is 18.0 Å². The lowest BCUT2D eigenvalue weighted by molar-refractivity contribution is -0.192. The Labute approximate surface area is 237 Å². The zero-order valence-corrected chi connectivity index (χ0v) is 23.6. The van der Waals surface area contributed by atoms with Gasteiger partial charge in [0.05, 0.1) is 21.3 Å². The summed E-state index contributed by atoms with van der Waals surface area (Å²) in [7, 11) is 4.50. The number of alkyl halides is 3. The molecule has 228 valence electrons. The highest BCUT2D eigenvalue weighted by Crippen LogP contribution is 2.28. The van der Waals surface area contributed by atoms with Crippen LogP contribution in [0, 0.1) is 5.92 Å². The Morgan fingerprint density at radius 2 is 1.54 bits per heavy atom. The third-order valence-electron chi connectivity index (χ3n) is 5.52. The average Bonchev–Trinajstić information content (AvgIpc) is 2.93. The second-order valence-electron chi connectivity index (χ2n) is 9.21. The van der Waals surface area contributed by atoms with Gasteiger partial charge in [0, 0.05) is 12.6 Å². The van der Waals surface area contributed by atoms with E-state index in [1.165, 1.54) is 7.11 Å². The van der Waals surface area contributed by atoms with Gasteiger partial charge in [-0.2, -0.15) is 13.2 Å². The van der Waals surface area contributed by atoms with Gasteiger partial charge >= 0.3 is 24.2 Å². The minimum atomic E-state index is -5.08. The molecule has 0 spiro atoms. The van der Waals surface area contributed by atoms with Gasteiger partial charge in [0.1, 0.15) is 12.6 Å². The predicted molar refractivity (Wildman–Crippen MR) is 144 cm³/mol. The number of carbonyl (C=O) groups is 3. The van der Waals surface area contributed by atoms with Crippen LogP contribution in [0.3, 0.4) is 0 Å². The van der Waals surface area contributed by atoms with Crippen LogP contribution in [-0.2, 0) is 32.1 Å². The molecule has 2 aromatic rings. The normalized spacial score (nSPS) is 12.3. The second kappa shape index (κ2) is 17.6. The van der Waals surface area contributed by atoms with Crippen molar-refractivity contribution in [1.82, 2.24) is 10.6 Å². The number of esters is 1. The van der Waals surface area contributed by atoms with Crippen molar-refractivity contribution in [3.63, 3.8) is 0 Å². The molecular weight excluding hydrogens is 549 g/mol. The summed E-state index contributed by atoms with van der Waals surface area (Å²) in [5, 5.41) is 13.3. The quantitative estimate of drug-likeness (QED) is 0.293. The van der Waals surface area contributed by atoms with Gasteiger partial charge in [0.2, 0.25) is 0 Å². The molecular formula is C28H37F3N2O8. The van der Waals surface area contributed by atoms with E-state index in [1.54, 1.807) is 20.3 Å². The van der Waals surface area contributed by atoms with Gasteiger partial charge in [-0.15, -0.1) is 0 Å². The molecule has 10 nitrogen and oxygen atoms in total. The first-order chi connectivity index (χ1) is 19.3. The first-order valence-electron chi connectivity index (χ1n) is 12.6. The number of hydrogen-bond acceptors (Lipinski definition) is 8. The summed E-state index contributed by atoms with van der Waals surface area (Å²) >= 11 is 0. The number of carboxylic acid groups (broad SMARTS) is 1. The molecule has 0 saturated carbocycles. The minimum Gasteiger partial charge on any atom is -0.493 e. The molecule has 0 saturated heterocycles. The highest BCUT2D eigenvalue weighted by atomic mass is 19.4. The van der Waals surface area contributed by atoms with Crippen LogP contribution >= 0.6 is 0 Å². The van der Waals surface area contributed by atoms with Gasteiger partial charge in [0.25, 0.3) is 0 Å². The Hall–Kier alpha value is -4.00. The molecule has 2 aromatic carbocycles. The van der Waals surface area contributed by atoms with Crippen molar-refractivity contribution in [1.29, 1.82) is 0 Å². The first kappa shape index (κ1) is 35.0. The molecule has 0 aliphatic heterocycles. The number of nitrogens with one attached hydrogen (secondary N) is 2. The number of methoxy groups -OCH3 is 3. The molecule has 0 unspecified atom stereocenters. The maximum Gasteiger partial charge on any atom is 0.490 e. The third-order valence-corrected chi connectivity index (χ3v) is 5.52. The van der Waals surface area contributed by atoms with Gasteiger partial charge in [-0.1, -0.05) is 50.2 Å². The Balaban J connectivity index is 0.00000106. The molecule has 3 N–H and O–H groups in total. The van der Waals surface area contributed by atoms with E-state index in [0.717, 1.165) is 17.5 Å². The van der Waals surface area contributed by atoms with Gasteiger partial charge in [-0.3, -0.25) is 4.79 Å². The molecule has 2 atom stereocenters. The second-order valence-corrected chi connectivity index (χ2v) is 9.21. The Morgan fingerprint density at radius 1 is 0.927 bits per heavy atom. The van der Waals surface area contributed by atoms with E-state index >= 15 is 0 Å². The van der Waals surface area contributed by atoms with E-state index in [4.69, 9.17) is 28.8 Å². The number of benzene rings is 2. The zero-order chi connectivity index (χ0) is 31.0.